The fourth-order valence-corrected chi connectivity index (χ4v) is 3.88. The number of hydrogen-bond acceptors (Lipinski definition) is 4. The molecule has 1 aromatic rings. The Balaban J connectivity index is 2.93. The van der Waals surface area contributed by atoms with Gasteiger partial charge in [0.15, 0.2) is 0 Å². The summed E-state index contributed by atoms with van der Waals surface area (Å²) in [6, 6.07) is 2.50. The van der Waals surface area contributed by atoms with E-state index in [1.165, 1.54) is 12.1 Å². The SMILES string of the molecule is CCC(CC)NS(=O)(=O)c1ccc(C(=O)O)s1. The Kier molecular flexibility index (Phi) is 4.67. The summed E-state index contributed by atoms with van der Waals surface area (Å²) < 4.78 is 26.4. The van der Waals surface area contributed by atoms with Crippen molar-refractivity contribution in [3.63, 3.8) is 0 Å². The van der Waals surface area contributed by atoms with Crippen molar-refractivity contribution in [3.8, 4) is 0 Å². The fraction of sp³-hybridized carbons (Fsp3) is 0.500. The van der Waals surface area contributed by atoms with Crippen molar-refractivity contribution in [2.45, 2.75) is 36.9 Å². The van der Waals surface area contributed by atoms with Crippen molar-refractivity contribution in [3.05, 3.63) is 17.0 Å². The summed E-state index contributed by atoms with van der Waals surface area (Å²) in [5, 5.41) is 8.73. The van der Waals surface area contributed by atoms with Crippen LogP contribution in [0.1, 0.15) is 36.4 Å². The topological polar surface area (TPSA) is 83.5 Å². The highest BCUT2D eigenvalue weighted by molar-refractivity contribution is 7.91. The molecule has 0 bridgehead atoms. The minimum Gasteiger partial charge on any atom is -0.477 e. The second-order valence-corrected chi connectivity index (χ2v) is 6.58. The zero-order valence-corrected chi connectivity index (χ0v) is 11.3. The fourth-order valence-electron chi connectivity index (χ4n) is 1.31. The molecule has 5 nitrogen and oxygen atoms in total. The maximum Gasteiger partial charge on any atom is 0.345 e. The number of nitrogens with one attached hydrogen (secondary N) is 1. The molecular weight excluding hydrogens is 262 g/mol. The van der Waals surface area contributed by atoms with Gasteiger partial charge in [0, 0.05) is 6.04 Å². The van der Waals surface area contributed by atoms with Crippen LogP contribution in [0.3, 0.4) is 0 Å². The van der Waals surface area contributed by atoms with E-state index in [-0.39, 0.29) is 15.1 Å². The van der Waals surface area contributed by atoms with Crippen LogP contribution in [-0.4, -0.2) is 25.5 Å². The van der Waals surface area contributed by atoms with Gasteiger partial charge in [-0.15, -0.1) is 11.3 Å². The summed E-state index contributed by atoms with van der Waals surface area (Å²) in [6.45, 7) is 3.79. The molecule has 0 aliphatic carbocycles. The van der Waals surface area contributed by atoms with Crippen LogP contribution < -0.4 is 4.72 Å². The monoisotopic (exact) mass is 277 g/mol. The minimum absolute atomic E-state index is 0.0231. The zero-order valence-electron chi connectivity index (χ0n) is 9.63. The molecule has 17 heavy (non-hydrogen) atoms. The van der Waals surface area contributed by atoms with E-state index in [0.29, 0.717) is 12.8 Å². The van der Waals surface area contributed by atoms with Crippen molar-refractivity contribution in [2.24, 2.45) is 0 Å². The number of sulfonamides is 1. The largest absolute Gasteiger partial charge is 0.477 e. The standard InChI is InChI=1S/C10H15NO4S2/c1-3-7(4-2)11-17(14,15)9-6-5-8(16-9)10(12)13/h5-7,11H,3-4H2,1-2H3,(H,12,13). The number of carboxylic acid groups (broad SMARTS) is 1. The number of aromatic carboxylic acids is 1. The average molecular weight is 277 g/mol. The molecular formula is C10H15NO4S2. The number of carbonyl (C=O) groups is 1. The van der Waals surface area contributed by atoms with Gasteiger partial charge in [-0.3, -0.25) is 0 Å². The lowest BCUT2D eigenvalue weighted by Gasteiger charge is -2.13. The molecule has 0 aliphatic heterocycles. The molecule has 0 aliphatic rings. The minimum atomic E-state index is -3.59. The molecule has 0 unspecified atom stereocenters. The number of carboxylic acids is 1. The molecule has 0 aromatic carbocycles. The van der Waals surface area contributed by atoms with Gasteiger partial charge in [-0.25, -0.2) is 17.9 Å². The normalized spacial score (nSPS) is 11.9. The van der Waals surface area contributed by atoms with Gasteiger partial charge < -0.3 is 5.11 Å². The highest BCUT2D eigenvalue weighted by atomic mass is 32.2. The quantitative estimate of drug-likeness (QED) is 0.832. The van der Waals surface area contributed by atoms with Crippen LogP contribution in [-0.2, 0) is 10.0 Å². The van der Waals surface area contributed by atoms with E-state index >= 15 is 0 Å². The van der Waals surface area contributed by atoms with Crippen LogP contribution in [0, 0.1) is 0 Å². The summed E-state index contributed by atoms with van der Waals surface area (Å²) in [5.41, 5.74) is 0. The highest BCUT2D eigenvalue weighted by Gasteiger charge is 2.21. The summed E-state index contributed by atoms with van der Waals surface area (Å²) in [7, 11) is -3.59. The Morgan fingerprint density at radius 3 is 2.41 bits per heavy atom. The first-order chi connectivity index (χ1) is 7.90. The van der Waals surface area contributed by atoms with Crippen molar-refractivity contribution >= 4 is 27.3 Å². The van der Waals surface area contributed by atoms with Crippen LogP contribution in [0.5, 0.6) is 0 Å². The third kappa shape index (κ3) is 3.52. The first-order valence-electron chi connectivity index (χ1n) is 5.26. The maximum absolute atomic E-state index is 11.9. The Morgan fingerprint density at radius 1 is 1.41 bits per heavy atom. The smallest absolute Gasteiger partial charge is 0.345 e. The van der Waals surface area contributed by atoms with Crippen LogP contribution in [0.25, 0.3) is 0 Å². The molecule has 0 saturated heterocycles. The molecule has 7 heteroatoms. The van der Waals surface area contributed by atoms with Crippen LogP contribution in [0.15, 0.2) is 16.3 Å². The summed E-state index contributed by atoms with van der Waals surface area (Å²) in [4.78, 5) is 10.7. The molecule has 0 radical (unpaired) electrons. The highest BCUT2D eigenvalue weighted by Crippen LogP contribution is 2.22. The van der Waals surface area contributed by atoms with Crippen molar-refractivity contribution in [2.75, 3.05) is 0 Å². The zero-order chi connectivity index (χ0) is 13.1. The summed E-state index contributed by atoms with van der Waals surface area (Å²) >= 11 is 0.761. The predicted octanol–water partition coefficient (Wildman–Crippen LogP) is 1.91. The average Bonchev–Trinajstić information content (AvgIpc) is 2.75. The molecule has 1 rings (SSSR count). The first-order valence-corrected chi connectivity index (χ1v) is 7.56. The second-order valence-electron chi connectivity index (χ2n) is 3.56. The Labute approximate surface area is 105 Å². The molecule has 0 atom stereocenters. The van der Waals surface area contributed by atoms with Crippen molar-refractivity contribution in [1.29, 1.82) is 0 Å². The Bertz CT molecular complexity index is 488. The summed E-state index contributed by atoms with van der Waals surface area (Å²) in [6.07, 6.45) is 1.40. The predicted molar refractivity (Wildman–Crippen MR) is 66.0 cm³/mol. The van der Waals surface area contributed by atoms with Crippen molar-refractivity contribution in [1.82, 2.24) is 4.72 Å². The van der Waals surface area contributed by atoms with Crippen LogP contribution in [0.2, 0.25) is 0 Å². The molecule has 0 spiro atoms. The van der Waals surface area contributed by atoms with E-state index < -0.39 is 16.0 Å². The molecule has 0 saturated carbocycles. The van der Waals surface area contributed by atoms with E-state index in [1.54, 1.807) is 0 Å². The first kappa shape index (κ1) is 14.1. The molecule has 2 N–H and O–H groups in total. The number of hydrogen-bond donors (Lipinski definition) is 2. The lowest BCUT2D eigenvalue weighted by Crippen LogP contribution is -2.33. The maximum atomic E-state index is 11.9. The molecule has 1 aromatic heterocycles. The van der Waals surface area contributed by atoms with Gasteiger partial charge in [0.25, 0.3) is 0 Å². The molecule has 0 fully saturated rings. The van der Waals surface area contributed by atoms with E-state index in [0.717, 1.165) is 11.3 Å². The van der Waals surface area contributed by atoms with E-state index in [1.807, 2.05) is 13.8 Å². The second kappa shape index (κ2) is 5.61. The van der Waals surface area contributed by atoms with Crippen LogP contribution in [0.4, 0.5) is 0 Å². The van der Waals surface area contributed by atoms with Gasteiger partial charge in [0.2, 0.25) is 10.0 Å². The van der Waals surface area contributed by atoms with E-state index in [2.05, 4.69) is 4.72 Å². The van der Waals surface area contributed by atoms with E-state index in [4.69, 9.17) is 5.11 Å². The van der Waals surface area contributed by atoms with Gasteiger partial charge in [-0.05, 0) is 25.0 Å². The number of thiophene rings is 1. The lowest BCUT2D eigenvalue weighted by atomic mass is 10.2. The van der Waals surface area contributed by atoms with Gasteiger partial charge in [0.1, 0.15) is 9.09 Å². The van der Waals surface area contributed by atoms with Crippen molar-refractivity contribution < 1.29 is 18.3 Å². The van der Waals surface area contributed by atoms with Crippen LogP contribution >= 0.6 is 11.3 Å². The third-order valence-electron chi connectivity index (χ3n) is 2.36. The third-order valence-corrected chi connectivity index (χ3v) is 5.45. The Hall–Kier alpha value is -0.920. The lowest BCUT2D eigenvalue weighted by molar-refractivity contribution is 0.0702. The van der Waals surface area contributed by atoms with Gasteiger partial charge in [0.05, 0.1) is 0 Å². The Morgan fingerprint density at radius 2 is 2.00 bits per heavy atom. The summed E-state index contributed by atoms with van der Waals surface area (Å²) in [5.74, 6) is -1.11. The van der Waals surface area contributed by atoms with E-state index in [9.17, 15) is 13.2 Å². The van der Waals surface area contributed by atoms with Gasteiger partial charge in [-0.2, -0.15) is 0 Å². The molecule has 1 heterocycles. The number of rotatable bonds is 6. The van der Waals surface area contributed by atoms with Gasteiger partial charge >= 0.3 is 5.97 Å². The molecule has 96 valence electrons. The van der Waals surface area contributed by atoms with Gasteiger partial charge in [-0.1, -0.05) is 13.8 Å². The molecule has 0 amide bonds.